The molecule has 0 aromatic heterocycles. The molecule has 0 radical (unpaired) electrons. The Morgan fingerprint density at radius 3 is 2.45 bits per heavy atom. The van der Waals surface area contributed by atoms with E-state index in [0.29, 0.717) is 23.6 Å². The van der Waals surface area contributed by atoms with Gasteiger partial charge in [-0.3, -0.25) is 4.79 Å². The van der Waals surface area contributed by atoms with E-state index in [4.69, 9.17) is 11.6 Å². The summed E-state index contributed by atoms with van der Waals surface area (Å²) in [4.78, 5) is 12.7. The van der Waals surface area contributed by atoms with E-state index >= 15 is 0 Å². The molecule has 156 valence electrons. The van der Waals surface area contributed by atoms with E-state index in [1.807, 2.05) is 6.92 Å². The van der Waals surface area contributed by atoms with Gasteiger partial charge in [0.25, 0.3) is 0 Å². The minimum Gasteiger partial charge on any atom is -0.325 e. The number of aryl methyl sites for hydroxylation is 1. The summed E-state index contributed by atoms with van der Waals surface area (Å²) in [7, 11) is -3.94. The van der Waals surface area contributed by atoms with Crippen LogP contribution in [0.1, 0.15) is 37.7 Å². The number of nitrogens with one attached hydrogen (secondary N) is 1. The number of amides is 1. The molecule has 1 aliphatic rings. The van der Waals surface area contributed by atoms with Crippen LogP contribution in [0.4, 0.5) is 10.1 Å². The highest BCUT2D eigenvalue weighted by molar-refractivity contribution is 7.89. The van der Waals surface area contributed by atoms with Crippen LogP contribution in [0.2, 0.25) is 5.02 Å². The maximum Gasteiger partial charge on any atom is 0.243 e. The van der Waals surface area contributed by atoms with Gasteiger partial charge >= 0.3 is 0 Å². The summed E-state index contributed by atoms with van der Waals surface area (Å²) in [6.45, 7) is 1.52. The molecule has 0 aliphatic heterocycles. The minimum atomic E-state index is -3.94. The number of carbonyl (C=O) groups excluding carboxylic acids is 1. The summed E-state index contributed by atoms with van der Waals surface area (Å²) in [5.74, 6) is -0.950. The van der Waals surface area contributed by atoms with Crippen molar-refractivity contribution >= 4 is 33.2 Å². The summed E-state index contributed by atoms with van der Waals surface area (Å²) in [6.07, 6.45) is 4.27. The Hall–Kier alpha value is -1.96. The second-order valence-corrected chi connectivity index (χ2v) is 9.63. The highest BCUT2D eigenvalue weighted by Gasteiger charge is 2.34. The molecule has 0 bridgehead atoms. The van der Waals surface area contributed by atoms with E-state index in [1.165, 1.54) is 16.4 Å². The van der Waals surface area contributed by atoms with Crippen molar-refractivity contribution in [3.63, 3.8) is 0 Å². The van der Waals surface area contributed by atoms with Gasteiger partial charge in [-0.2, -0.15) is 4.31 Å². The number of sulfonamides is 1. The third-order valence-corrected chi connectivity index (χ3v) is 7.32. The standard InChI is InChI=1S/C21H24ClFN2O3S/c1-15-7-8-16(22)13-20(15)24-21(26)14-25(18-5-3-2-4-6-18)29(27,28)19-11-9-17(23)10-12-19/h7-13,18H,2-6,14H2,1H3,(H,24,26). The van der Waals surface area contributed by atoms with Crippen LogP contribution in [-0.2, 0) is 14.8 Å². The first-order valence-corrected chi connectivity index (χ1v) is 11.4. The molecule has 5 nitrogen and oxygen atoms in total. The van der Waals surface area contributed by atoms with Gasteiger partial charge in [0, 0.05) is 16.8 Å². The maximum absolute atomic E-state index is 13.3. The second-order valence-electron chi connectivity index (χ2n) is 7.30. The molecule has 1 N–H and O–H groups in total. The molecular weight excluding hydrogens is 415 g/mol. The van der Waals surface area contributed by atoms with E-state index in [-0.39, 0.29) is 17.5 Å². The number of anilines is 1. The predicted molar refractivity (Wildman–Crippen MR) is 112 cm³/mol. The van der Waals surface area contributed by atoms with E-state index < -0.39 is 21.7 Å². The normalized spacial score (nSPS) is 15.4. The first-order valence-electron chi connectivity index (χ1n) is 9.61. The van der Waals surface area contributed by atoms with Crippen LogP contribution in [0.3, 0.4) is 0 Å². The van der Waals surface area contributed by atoms with Crippen LogP contribution in [-0.4, -0.2) is 31.2 Å². The lowest BCUT2D eigenvalue weighted by Gasteiger charge is -2.33. The monoisotopic (exact) mass is 438 g/mol. The Labute approximate surface area is 175 Å². The quantitative estimate of drug-likeness (QED) is 0.707. The Morgan fingerprint density at radius 1 is 1.14 bits per heavy atom. The molecule has 2 aromatic carbocycles. The first kappa shape index (κ1) is 21.7. The minimum absolute atomic E-state index is 0.0174. The van der Waals surface area contributed by atoms with Crippen molar-refractivity contribution in [3.05, 3.63) is 58.9 Å². The Morgan fingerprint density at radius 2 is 1.79 bits per heavy atom. The van der Waals surface area contributed by atoms with Crippen LogP contribution < -0.4 is 5.32 Å². The average molecular weight is 439 g/mol. The van der Waals surface area contributed by atoms with Crippen LogP contribution in [0.15, 0.2) is 47.4 Å². The number of hydrogen-bond donors (Lipinski definition) is 1. The number of rotatable bonds is 6. The van der Waals surface area contributed by atoms with Gasteiger partial charge in [-0.05, 0) is 61.7 Å². The van der Waals surface area contributed by atoms with E-state index in [2.05, 4.69) is 5.32 Å². The fourth-order valence-corrected chi connectivity index (χ4v) is 5.39. The fraction of sp³-hybridized carbons (Fsp3) is 0.381. The largest absolute Gasteiger partial charge is 0.325 e. The lowest BCUT2D eigenvalue weighted by molar-refractivity contribution is -0.116. The van der Waals surface area contributed by atoms with Gasteiger partial charge in [0.15, 0.2) is 0 Å². The van der Waals surface area contributed by atoms with Crippen LogP contribution in [0.25, 0.3) is 0 Å². The SMILES string of the molecule is Cc1ccc(Cl)cc1NC(=O)CN(C1CCCCC1)S(=O)(=O)c1ccc(F)cc1. The Kier molecular flexibility index (Phi) is 6.93. The molecule has 2 aromatic rings. The lowest BCUT2D eigenvalue weighted by atomic mass is 9.95. The number of hydrogen-bond acceptors (Lipinski definition) is 3. The molecule has 0 saturated heterocycles. The average Bonchev–Trinajstić information content (AvgIpc) is 2.70. The number of benzene rings is 2. The van der Waals surface area contributed by atoms with Gasteiger partial charge in [0.05, 0.1) is 11.4 Å². The second kappa shape index (κ2) is 9.24. The van der Waals surface area contributed by atoms with E-state index in [9.17, 15) is 17.6 Å². The van der Waals surface area contributed by atoms with E-state index in [1.54, 1.807) is 18.2 Å². The van der Waals surface area contributed by atoms with E-state index in [0.717, 1.165) is 37.0 Å². The fourth-order valence-electron chi connectivity index (χ4n) is 3.58. The summed E-state index contributed by atoms with van der Waals surface area (Å²) >= 11 is 6.00. The Balaban J connectivity index is 1.86. The molecule has 0 atom stereocenters. The van der Waals surface area contributed by atoms with Gasteiger partial charge in [0.1, 0.15) is 5.82 Å². The highest BCUT2D eigenvalue weighted by atomic mass is 35.5. The number of carbonyl (C=O) groups is 1. The summed E-state index contributed by atoms with van der Waals surface area (Å²) in [6, 6.07) is 9.58. The topological polar surface area (TPSA) is 66.5 Å². The highest BCUT2D eigenvalue weighted by Crippen LogP contribution is 2.28. The zero-order chi connectivity index (χ0) is 21.0. The van der Waals surface area contributed by atoms with Gasteiger partial charge in [0.2, 0.25) is 15.9 Å². The molecule has 1 fully saturated rings. The maximum atomic E-state index is 13.3. The third kappa shape index (κ3) is 5.35. The third-order valence-electron chi connectivity index (χ3n) is 5.18. The van der Waals surface area contributed by atoms with Crippen molar-refractivity contribution in [1.29, 1.82) is 0 Å². The van der Waals surface area contributed by atoms with Crippen molar-refractivity contribution in [2.75, 3.05) is 11.9 Å². The molecule has 1 aliphatic carbocycles. The van der Waals surface area contributed by atoms with Crippen LogP contribution in [0, 0.1) is 12.7 Å². The van der Waals surface area contributed by atoms with Crippen molar-refractivity contribution in [2.24, 2.45) is 0 Å². The van der Waals surface area contributed by atoms with Crippen molar-refractivity contribution < 1.29 is 17.6 Å². The smallest absolute Gasteiger partial charge is 0.243 e. The molecule has 0 unspecified atom stereocenters. The van der Waals surface area contributed by atoms with Gasteiger partial charge in [-0.15, -0.1) is 0 Å². The van der Waals surface area contributed by atoms with Crippen molar-refractivity contribution in [3.8, 4) is 0 Å². The molecule has 0 heterocycles. The van der Waals surface area contributed by atoms with Crippen molar-refractivity contribution in [2.45, 2.75) is 50.0 Å². The zero-order valence-corrected chi connectivity index (χ0v) is 17.8. The zero-order valence-electron chi connectivity index (χ0n) is 16.2. The molecule has 8 heteroatoms. The molecule has 0 spiro atoms. The summed E-state index contributed by atoms with van der Waals surface area (Å²) < 4.78 is 41.0. The number of nitrogens with zero attached hydrogens (tertiary/aromatic N) is 1. The van der Waals surface area contributed by atoms with Gasteiger partial charge in [-0.25, -0.2) is 12.8 Å². The van der Waals surface area contributed by atoms with Crippen LogP contribution >= 0.6 is 11.6 Å². The lowest BCUT2D eigenvalue weighted by Crippen LogP contribution is -2.45. The molecule has 29 heavy (non-hydrogen) atoms. The molecule has 1 amide bonds. The van der Waals surface area contributed by atoms with Gasteiger partial charge in [-0.1, -0.05) is 36.9 Å². The summed E-state index contributed by atoms with van der Waals surface area (Å²) in [5.41, 5.74) is 1.37. The molecular formula is C21H24ClFN2O3S. The van der Waals surface area contributed by atoms with Crippen molar-refractivity contribution in [1.82, 2.24) is 4.31 Å². The molecule has 1 saturated carbocycles. The number of halogens is 2. The van der Waals surface area contributed by atoms with Gasteiger partial charge < -0.3 is 5.32 Å². The van der Waals surface area contributed by atoms with Crippen LogP contribution in [0.5, 0.6) is 0 Å². The summed E-state index contributed by atoms with van der Waals surface area (Å²) in [5, 5.41) is 3.24. The molecule has 3 rings (SSSR count). The predicted octanol–water partition coefficient (Wildman–Crippen LogP) is 4.75. The Bertz CT molecular complexity index is 974. The first-order chi connectivity index (χ1) is 13.8.